The molecular formula is C13H20O2. The van der Waals surface area contributed by atoms with Crippen molar-refractivity contribution in [2.24, 2.45) is 5.41 Å². The summed E-state index contributed by atoms with van der Waals surface area (Å²) in [6, 6.07) is 0. The maximum Gasteiger partial charge on any atom is 0.331 e. The minimum Gasteiger partial charge on any atom is -0.463 e. The lowest BCUT2D eigenvalue weighted by molar-refractivity contribution is -0.137. The standard InChI is InChI=1S/C13H20O2/c1-5-15-12(14)7-11-6-10(2)8-13(3,4)9-11/h6-7H,5,8-9H2,1-4H3/b11-7-. The Morgan fingerprint density at radius 2 is 2.20 bits per heavy atom. The zero-order valence-electron chi connectivity index (χ0n) is 10.1. The van der Waals surface area contributed by atoms with Crippen molar-refractivity contribution in [3.8, 4) is 0 Å². The minimum atomic E-state index is -0.228. The molecule has 0 saturated carbocycles. The molecule has 2 heteroatoms. The molecule has 0 radical (unpaired) electrons. The van der Waals surface area contributed by atoms with Crippen molar-refractivity contribution >= 4 is 5.97 Å². The Kier molecular flexibility index (Phi) is 3.72. The van der Waals surface area contributed by atoms with Crippen LogP contribution in [-0.2, 0) is 9.53 Å². The van der Waals surface area contributed by atoms with Gasteiger partial charge < -0.3 is 4.74 Å². The predicted octanol–water partition coefficient (Wildman–Crippen LogP) is 3.24. The van der Waals surface area contributed by atoms with Crippen LogP contribution >= 0.6 is 0 Å². The molecule has 0 bridgehead atoms. The molecule has 0 aromatic heterocycles. The van der Waals surface area contributed by atoms with E-state index in [0.717, 1.165) is 18.4 Å². The number of rotatable bonds is 2. The van der Waals surface area contributed by atoms with Gasteiger partial charge in [0.15, 0.2) is 0 Å². The van der Waals surface area contributed by atoms with Crippen molar-refractivity contribution in [1.82, 2.24) is 0 Å². The largest absolute Gasteiger partial charge is 0.463 e. The van der Waals surface area contributed by atoms with E-state index >= 15 is 0 Å². The van der Waals surface area contributed by atoms with E-state index in [1.807, 2.05) is 6.92 Å². The van der Waals surface area contributed by atoms with Crippen molar-refractivity contribution in [3.63, 3.8) is 0 Å². The van der Waals surface area contributed by atoms with Gasteiger partial charge in [-0.05, 0) is 37.7 Å². The Labute approximate surface area is 92.0 Å². The number of esters is 1. The third kappa shape index (κ3) is 3.90. The summed E-state index contributed by atoms with van der Waals surface area (Å²) < 4.78 is 4.90. The zero-order chi connectivity index (χ0) is 11.5. The van der Waals surface area contributed by atoms with Gasteiger partial charge in [-0.25, -0.2) is 4.79 Å². The third-order valence-corrected chi connectivity index (χ3v) is 2.46. The molecule has 0 spiro atoms. The fourth-order valence-corrected chi connectivity index (χ4v) is 2.22. The van der Waals surface area contributed by atoms with Crippen molar-refractivity contribution in [2.45, 2.75) is 40.5 Å². The highest BCUT2D eigenvalue weighted by Crippen LogP contribution is 2.37. The molecule has 0 fully saturated rings. The number of hydrogen-bond donors (Lipinski definition) is 0. The second-order valence-electron chi connectivity index (χ2n) is 4.98. The quantitative estimate of drug-likeness (QED) is 0.514. The molecule has 84 valence electrons. The third-order valence-electron chi connectivity index (χ3n) is 2.46. The molecule has 1 rings (SSSR count). The van der Waals surface area contributed by atoms with Crippen LogP contribution in [0, 0.1) is 5.41 Å². The predicted molar refractivity (Wildman–Crippen MR) is 61.5 cm³/mol. The molecule has 0 aliphatic heterocycles. The van der Waals surface area contributed by atoms with Crippen molar-refractivity contribution in [1.29, 1.82) is 0 Å². The van der Waals surface area contributed by atoms with Crippen LogP contribution in [0.15, 0.2) is 23.3 Å². The lowest BCUT2D eigenvalue weighted by atomic mass is 9.75. The van der Waals surface area contributed by atoms with Crippen molar-refractivity contribution < 1.29 is 9.53 Å². The Morgan fingerprint density at radius 3 is 2.73 bits per heavy atom. The second kappa shape index (κ2) is 4.65. The number of hydrogen-bond acceptors (Lipinski definition) is 2. The van der Waals surface area contributed by atoms with Crippen LogP contribution in [-0.4, -0.2) is 12.6 Å². The van der Waals surface area contributed by atoms with E-state index in [0.29, 0.717) is 6.61 Å². The number of allylic oxidation sites excluding steroid dienone is 3. The van der Waals surface area contributed by atoms with Crippen LogP contribution < -0.4 is 0 Å². The SMILES string of the molecule is CCOC(=O)/C=C1/C=C(C)CC(C)(C)C1. The van der Waals surface area contributed by atoms with E-state index in [1.54, 1.807) is 6.08 Å². The molecule has 0 N–H and O–H groups in total. The molecule has 0 atom stereocenters. The van der Waals surface area contributed by atoms with E-state index in [2.05, 4.69) is 26.8 Å². The lowest BCUT2D eigenvalue weighted by Crippen LogP contribution is -2.17. The highest BCUT2D eigenvalue weighted by molar-refractivity contribution is 5.83. The lowest BCUT2D eigenvalue weighted by Gasteiger charge is -2.30. The fourth-order valence-electron chi connectivity index (χ4n) is 2.22. The average molecular weight is 208 g/mol. The van der Waals surface area contributed by atoms with Crippen molar-refractivity contribution in [2.75, 3.05) is 6.61 Å². The van der Waals surface area contributed by atoms with E-state index < -0.39 is 0 Å². The first kappa shape index (κ1) is 12.0. The Balaban J connectivity index is 2.78. The summed E-state index contributed by atoms with van der Waals surface area (Å²) in [5, 5.41) is 0. The van der Waals surface area contributed by atoms with Crippen LogP contribution in [0.5, 0.6) is 0 Å². The first-order valence-corrected chi connectivity index (χ1v) is 5.47. The summed E-state index contributed by atoms with van der Waals surface area (Å²) in [6.07, 6.45) is 5.77. The van der Waals surface area contributed by atoms with Gasteiger partial charge in [-0.2, -0.15) is 0 Å². The van der Waals surface area contributed by atoms with Crippen LogP contribution in [0.1, 0.15) is 40.5 Å². The molecule has 1 aliphatic rings. The van der Waals surface area contributed by atoms with Gasteiger partial charge in [-0.15, -0.1) is 0 Å². The topological polar surface area (TPSA) is 26.3 Å². The molecule has 15 heavy (non-hydrogen) atoms. The van der Waals surface area contributed by atoms with Crippen LogP contribution in [0.4, 0.5) is 0 Å². The number of carbonyl (C=O) groups excluding carboxylic acids is 1. The zero-order valence-corrected chi connectivity index (χ0v) is 10.1. The van der Waals surface area contributed by atoms with Gasteiger partial charge in [-0.1, -0.05) is 25.5 Å². The number of ether oxygens (including phenoxy) is 1. The summed E-state index contributed by atoms with van der Waals surface area (Å²) >= 11 is 0. The van der Waals surface area contributed by atoms with Crippen LogP contribution in [0.3, 0.4) is 0 Å². The van der Waals surface area contributed by atoms with E-state index in [4.69, 9.17) is 4.74 Å². The monoisotopic (exact) mass is 208 g/mol. The second-order valence-corrected chi connectivity index (χ2v) is 4.98. The van der Waals surface area contributed by atoms with Gasteiger partial charge in [0.05, 0.1) is 6.61 Å². The molecule has 0 heterocycles. The Hall–Kier alpha value is -1.05. The molecule has 0 unspecified atom stereocenters. The van der Waals surface area contributed by atoms with E-state index in [1.165, 1.54) is 5.57 Å². The molecule has 0 aromatic rings. The molecule has 0 saturated heterocycles. The maximum atomic E-state index is 11.3. The van der Waals surface area contributed by atoms with Gasteiger partial charge >= 0.3 is 5.97 Å². The normalized spacial score (nSPS) is 22.4. The van der Waals surface area contributed by atoms with Crippen LogP contribution in [0.2, 0.25) is 0 Å². The van der Waals surface area contributed by atoms with Crippen LogP contribution in [0.25, 0.3) is 0 Å². The number of carbonyl (C=O) groups is 1. The highest BCUT2D eigenvalue weighted by Gasteiger charge is 2.24. The first-order chi connectivity index (χ1) is 6.93. The summed E-state index contributed by atoms with van der Waals surface area (Å²) in [6.45, 7) is 8.82. The maximum absolute atomic E-state index is 11.3. The molecular weight excluding hydrogens is 188 g/mol. The van der Waals surface area contributed by atoms with Gasteiger partial charge in [0.1, 0.15) is 0 Å². The van der Waals surface area contributed by atoms with Gasteiger partial charge in [0.25, 0.3) is 0 Å². The first-order valence-electron chi connectivity index (χ1n) is 5.47. The molecule has 0 aromatic carbocycles. The van der Waals surface area contributed by atoms with Gasteiger partial charge in [-0.3, -0.25) is 0 Å². The Morgan fingerprint density at radius 1 is 1.53 bits per heavy atom. The molecule has 1 aliphatic carbocycles. The van der Waals surface area contributed by atoms with Crippen molar-refractivity contribution in [3.05, 3.63) is 23.3 Å². The summed E-state index contributed by atoms with van der Waals surface area (Å²) in [4.78, 5) is 11.3. The Bertz CT molecular complexity index is 308. The van der Waals surface area contributed by atoms with E-state index in [-0.39, 0.29) is 11.4 Å². The van der Waals surface area contributed by atoms with Gasteiger partial charge in [0, 0.05) is 6.08 Å². The highest BCUT2D eigenvalue weighted by atomic mass is 16.5. The van der Waals surface area contributed by atoms with E-state index in [9.17, 15) is 4.79 Å². The minimum absolute atomic E-state index is 0.228. The fraction of sp³-hybridized carbons (Fsp3) is 0.615. The molecule has 0 amide bonds. The average Bonchev–Trinajstić information content (AvgIpc) is 1.99. The van der Waals surface area contributed by atoms with Gasteiger partial charge in [0.2, 0.25) is 0 Å². The summed E-state index contributed by atoms with van der Waals surface area (Å²) in [7, 11) is 0. The summed E-state index contributed by atoms with van der Waals surface area (Å²) in [5.41, 5.74) is 2.68. The molecule has 2 nitrogen and oxygen atoms in total. The summed E-state index contributed by atoms with van der Waals surface area (Å²) in [5.74, 6) is -0.228. The smallest absolute Gasteiger partial charge is 0.331 e.